The molecule has 0 bridgehead atoms. The van der Waals surface area contributed by atoms with Crippen LogP contribution in [0.25, 0.3) is 0 Å². The number of hydrogen-bond donors (Lipinski definition) is 0. The van der Waals surface area contributed by atoms with E-state index >= 15 is 0 Å². The molecule has 2 atom stereocenters. The summed E-state index contributed by atoms with van der Waals surface area (Å²) in [6.45, 7) is -0.205. The van der Waals surface area contributed by atoms with Gasteiger partial charge in [-0.05, 0) is 17.7 Å². The van der Waals surface area contributed by atoms with Crippen LogP contribution in [0.2, 0.25) is 0 Å². The first-order valence-corrected chi connectivity index (χ1v) is 7.63. The van der Waals surface area contributed by atoms with E-state index in [1.165, 1.54) is 0 Å². The van der Waals surface area contributed by atoms with Crippen LogP contribution in [-0.4, -0.2) is 35.9 Å². The van der Waals surface area contributed by atoms with E-state index < -0.39 is 0 Å². The zero-order chi connectivity index (χ0) is 14.5. The quantitative estimate of drug-likeness (QED) is 0.616. The molecule has 1 aromatic carbocycles. The number of carbonyl (C=O) groups is 1. The molecule has 1 aromatic rings. The fourth-order valence-electron chi connectivity index (χ4n) is 2.48. The number of benzene rings is 1. The number of hydrogen-bond acceptors (Lipinski definition) is 5. The van der Waals surface area contributed by atoms with Crippen molar-refractivity contribution in [1.29, 1.82) is 0 Å². The molecule has 2 rings (SSSR count). The molecule has 20 heavy (non-hydrogen) atoms. The Labute approximate surface area is 121 Å². The Balaban J connectivity index is 2.25. The van der Waals surface area contributed by atoms with E-state index in [1.54, 1.807) is 31.0 Å². The molecule has 0 unspecified atom stereocenters. The maximum atomic E-state index is 12.1. The lowest BCUT2D eigenvalue weighted by Gasteiger charge is -2.26. The normalized spacial score (nSPS) is 20.4. The molecule has 0 spiro atoms. The van der Waals surface area contributed by atoms with Crippen LogP contribution in [0.5, 0.6) is 5.75 Å². The summed E-state index contributed by atoms with van der Waals surface area (Å²) >= 11 is 1.70. The topological polar surface area (TPSA) is 69.4 Å². The molecule has 1 saturated heterocycles. The molecular weight excluding hydrogens is 278 g/mol. The highest BCUT2D eigenvalue weighted by Crippen LogP contribution is 2.33. The van der Waals surface area contributed by atoms with Gasteiger partial charge in [0, 0.05) is 28.8 Å². The van der Waals surface area contributed by atoms with E-state index in [9.17, 15) is 14.9 Å². The minimum Gasteiger partial charge on any atom is -0.497 e. The Morgan fingerprint density at radius 3 is 2.70 bits per heavy atom. The molecule has 0 aliphatic carbocycles. The van der Waals surface area contributed by atoms with E-state index in [4.69, 9.17) is 4.74 Å². The van der Waals surface area contributed by atoms with E-state index in [0.717, 1.165) is 11.3 Å². The van der Waals surface area contributed by atoms with Crippen LogP contribution in [0, 0.1) is 16.0 Å². The Bertz CT molecular complexity index is 488. The number of nitro groups is 1. The standard InChI is InChI=1S/C14H17NO4S/c1-19-11-4-2-10(3-5-11)12(8-15(17)18)13-9-20-7-6-14(13)16/h2-5,12-13H,6-9H2,1H3/t12-,13-/m0/s1. The van der Waals surface area contributed by atoms with Gasteiger partial charge in [0.1, 0.15) is 11.5 Å². The monoisotopic (exact) mass is 295 g/mol. The van der Waals surface area contributed by atoms with E-state index in [-0.39, 0.29) is 29.1 Å². The summed E-state index contributed by atoms with van der Waals surface area (Å²) in [7, 11) is 1.57. The summed E-state index contributed by atoms with van der Waals surface area (Å²) in [6.07, 6.45) is 0.514. The molecule has 0 aromatic heterocycles. The second-order valence-corrected chi connectivity index (χ2v) is 5.94. The fourth-order valence-corrected chi connectivity index (χ4v) is 3.66. The predicted octanol–water partition coefficient (Wildman–Crippen LogP) is 2.38. The molecule has 5 nitrogen and oxygen atoms in total. The Kier molecular flexibility index (Phi) is 5.00. The molecule has 108 valence electrons. The van der Waals surface area contributed by atoms with Crippen LogP contribution >= 0.6 is 11.8 Å². The first kappa shape index (κ1) is 14.8. The first-order valence-electron chi connectivity index (χ1n) is 6.48. The average Bonchev–Trinajstić information content (AvgIpc) is 2.46. The van der Waals surface area contributed by atoms with Crippen molar-refractivity contribution >= 4 is 17.5 Å². The van der Waals surface area contributed by atoms with E-state index in [0.29, 0.717) is 17.9 Å². The fraction of sp³-hybridized carbons (Fsp3) is 0.500. The molecule has 1 fully saturated rings. The lowest BCUT2D eigenvalue weighted by atomic mass is 9.83. The molecule has 6 heteroatoms. The molecular formula is C14H17NO4S. The zero-order valence-corrected chi connectivity index (χ0v) is 12.1. The van der Waals surface area contributed by atoms with Gasteiger partial charge < -0.3 is 4.74 Å². The molecule has 0 saturated carbocycles. The number of thioether (sulfide) groups is 1. The first-order chi connectivity index (χ1) is 9.61. The summed E-state index contributed by atoms with van der Waals surface area (Å²) in [5, 5.41) is 10.9. The van der Waals surface area contributed by atoms with Crippen molar-refractivity contribution < 1.29 is 14.5 Å². The van der Waals surface area contributed by atoms with Gasteiger partial charge in [0.25, 0.3) is 0 Å². The maximum absolute atomic E-state index is 12.1. The number of ketones is 1. The zero-order valence-electron chi connectivity index (χ0n) is 11.3. The number of nitrogens with zero attached hydrogens (tertiary/aromatic N) is 1. The van der Waals surface area contributed by atoms with Crippen LogP contribution in [0.15, 0.2) is 24.3 Å². The van der Waals surface area contributed by atoms with Crippen LogP contribution in [-0.2, 0) is 4.79 Å². The van der Waals surface area contributed by atoms with Gasteiger partial charge in [-0.2, -0.15) is 11.8 Å². The van der Waals surface area contributed by atoms with Gasteiger partial charge in [-0.25, -0.2) is 0 Å². The van der Waals surface area contributed by atoms with Gasteiger partial charge >= 0.3 is 0 Å². The second kappa shape index (κ2) is 6.74. The van der Waals surface area contributed by atoms with Crippen molar-refractivity contribution in [3.05, 3.63) is 39.9 Å². The number of carbonyl (C=O) groups excluding carboxylic acids is 1. The van der Waals surface area contributed by atoms with Gasteiger partial charge in [-0.15, -0.1) is 0 Å². The second-order valence-electron chi connectivity index (χ2n) is 4.79. The van der Waals surface area contributed by atoms with E-state index in [1.807, 2.05) is 12.1 Å². The summed E-state index contributed by atoms with van der Waals surface area (Å²) < 4.78 is 5.09. The Hall–Kier alpha value is -1.56. The van der Waals surface area contributed by atoms with Crippen LogP contribution < -0.4 is 4.74 Å². The van der Waals surface area contributed by atoms with Gasteiger partial charge in [-0.3, -0.25) is 14.9 Å². The molecule has 1 aliphatic rings. The minimum absolute atomic E-state index is 0.145. The summed E-state index contributed by atoms with van der Waals surface area (Å²) in [5.74, 6) is 1.74. The van der Waals surface area contributed by atoms with Gasteiger partial charge in [0.2, 0.25) is 6.54 Å². The number of Topliss-reactive ketones (excluding diaryl/α,β-unsaturated/α-hetero) is 1. The summed E-state index contributed by atoms with van der Waals surface area (Å²) in [4.78, 5) is 22.6. The maximum Gasteiger partial charge on any atom is 0.211 e. The number of methoxy groups -OCH3 is 1. The Morgan fingerprint density at radius 2 is 2.15 bits per heavy atom. The lowest BCUT2D eigenvalue weighted by molar-refractivity contribution is -0.484. The summed E-state index contributed by atoms with van der Waals surface area (Å²) in [5.41, 5.74) is 0.836. The Morgan fingerprint density at radius 1 is 1.45 bits per heavy atom. The number of rotatable bonds is 5. The highest BCUT2D eigenvalue weighted by atomic mass is 32.2. The third kappa shape index (κ3) is 3.50. The SMILES string of the molecule is COc1ccc([C@H](C[N+](=O)[O-])[C@@H]2CSCCC2=O)cc1. The van der Waals surface area contributed by atoms with Crippen LogP contribution in [0.1, 0.15) is 17.9 Å². The highest BCUT2D eigenvalue weighted by molar-refractivity contribution is 7.99. The van der Waals surface area contributed by atoms with Crippen molar-refractivity contribution in [3.63, 3.8) is 0 Å². The van der Waals surface area contributed by atoms with Gasteiger partial charge in [0.15, 0.2) is 0 Å². The molecule has 0 amide bonds. The average molecular weight is 295 g/mol. The molecule has 1 heterocycles. The van der Waals surface area contributed by atoms with Crippen molar-refractivity contribution in [1.82, 2.24) is 0 Å². The van der Waals surface area contributed by atoms with Gasteiger partial charge in [-0.1, -0.05) is 12.1 Å². The van der Waals surface area contributed by atoms with E-state index in [2.05, 4.69) is 0 Å². The molecule has 0 radical (unpaired) electrons. The largest absolute Gasteiger partial charge is 0.497 e. The van der Waals surface area contributed by atoms with Crippen molar-refractivity contribution in [2.45, 2.75) is 12.3 Å². The predicted molar refractivity (Wildman–Crippen MR) is 78.0 cm³/mol. The lowest BCUT2D eigenvalue weighted by Crippen LogP contribution is -2.32. The van der Waals surface area contributed by atoms with Crippen LogP contribution in [0.4, 0.5) is 0 Å². The van der Waals surface area contributed by atoms with Crippen molar-refractivity contribution in [2.24, 2.45) is 5.92 Å². The minimum atomic E-state index is -0.351. The third-order valence-electron chi connectivity index (χ3n) is 3.58. The van der Waals surface area contributed by atoms with Crippen LogP contribution in [0.3, 0.4) is 0 Å². The molecule has 1 aliphatic heterocycles. The third-order valence-corrected chi connectivity index (χ3v) is 4.67. The van der Waals surface area contributed by atoms with Crippen molar-refractivity contribution in [2.75, 3.05) is 25.2 Å². The smallest absolute Gasteiger partial charge is 0.211 e. The van der Waals surface area contributed by atoms with Gasteiger partial charge in [0.05, 0.1) is 13.0 Å². The summed E-state index contributed by atoms with van der Waals surface area (Å²) in [6, 6.07) is 7.20. The molecule has 0 N–H and O–H groups in total. The number of ether oxygens (including phenoxy) is 1. The highest BCUT2D eigenvalue weighted by Gasteiger charge is 2.34. The van der Waals surface area contributed by atoms with Crippen molar-refractivity contribution in [3.8, 4) is 5.75 Å².